The monoisotopic (exact) mass is 257 g/mol. The molecule has 1 aliphatic carbocycles. The van der Waals surface area contributed by atoms with Gasteiger partial charge in [-0.05, 0) is 31.3 Å². The normalized spacial score (nSPS) is 23.8. The molecule has 98 valence electrons. The second kappa shape index (κ2) is 6.07. The molecule has 0 aromatic carbocycles. The van der Waals surface area contributed by atoms with E-state index in [9.17, 15) is 4.79 Å². The van der Waals surface area contributed by atoms with Crippen LogP contribution in [0.3, 0.4) is 0 Å². The molecule has 1 atom stereocenters. The molecule has 1 amide bonds. The predicted octanol–water partition coefficient (Wildman–Crippen LogP) is 0.373. The van der Waals surface area contributed by atoms with Crippen molar-refractivity contribution in [3.05, 3.63) is 0 Å². The lowest BCUT2D eigenvalue weighted by molar-refractivity contribution is -0.134. The van der Waals surface area contributed by atoms with Crippen LogP contribution in [0.5, 0.6) is 0 Å². The van der Waals surface area contributed by atoms with Crippen LogP contribution in [0, 0.1) is 0 Å². The van der Waals surface area contributed by atoms with Gasteiger partial charge in [0.05, 0.1) is 6.04 Å². The Hall–Kier alpha value is -0.260. The molecule has 1 saturated heterocycles. The summed E-state index contributed by atoms with van der Waals surface area (Å²) >= 11 is 1.75. The maximum Gasteiger partial charge on any atom is 0.239 e. The van der Waals surface area contributed by atoms with Gasteiger partial charge in [-0.25, -0.2) is 0 Å². The fourth-order valence-electron chi connectivity index (χ4n) is 2.35. The number of carbonyl (C=O) groups is 1. The predicted molar refractivity (Wildman–Crippen MR) is 72.1 cm³/mol. The minimum atomic E-state index is -0.296. The second-order valence-corrected chi connectivity index (χ2v) is 5.97. The SMILES string of the molecule is CSCC[C@H](N)C(=O)N1CCN(C2CC2)CC1. The summed E-state index contributed by atoms with van der Waals surface area (Å²) in [6, 6.07) is 0.521. The first kappa shape index (κ1) is 13.2. The molecule has 2 aliphatic rings. The first-order valence-electron chi connectivity index (χ1n) is 6.49. The van der Waals surface area contributed by atoms with Crippen molar-refractivity contribution in [2.75, 3.05) is 38.2 Å². The summed E-state index contributed by atoms with van der Waals surface area (Å²) in [5.41, 5.74) is 5.92. The Kier molecular flexibility index (Phi) is 4.70. The van der Waals surface area contributed by atoms with Gasteiger partial charge in [0.15, 0.2) is 0 Å². The van der Waals surface area contributed by atoms with E-state index in [0.717, 1.165) is 44.4 Å². The highest BCUT2D eigenvalue weighted by Crippen LogP contribution is 2.27. The fraction of sp³-hybridized carbons (Fsp3) is 0.917. The Morgan fingerprint density at radius 2 is 2.00 bits per heavy atom. The number of rotatable bonds is 5. The molecule has 0 radical (unpaired) electrons. The van der Waals surface area contributed by atoms with E-state index in [2.05, 4.69) is 4.90 Å². The van der Waals surface area contributed by atoms with E-state index in [1.165, 1.54) is 12.8 Å². The topological polar surface area (TPSA) is 49.6 Å². The van der Waals surface area contributed by atoms with Crippen molar-refractivity contribution < 1.29 is 4.79 Å². The van der Waals surface area contributed by atoms with Crippen molar-refractivity contribution in [1.82, 2.24) is 9.80 Å². The molecule has 0 spiro atoms. The van der Waals surface area contributed by atoms with Crippen LogP contribution in [-0.4, -0.2) is 66.0 Å². The lowest BCUT2D eigenvalue weighted by Crippen LogP contribution is -2.53. The minimum absolute atomic E-state index is 0.148. The molecule has 2 fully saturated rings. The number of amides is 1. The zero-order chi connectivity index (χ0) is 12.3. The molecule has 1 saturated carbocycles. The van der Waals surface area contributed by atoms with Gasteiger partial charge >= 0.3 is 0 Å². The number of hydrogen-bond acceptors (Lipinski definition) is 4. The van der Waals surface area contributed by atoms with E-state index in [0.29, 0.717) is 0 Å². The van der Waals surface area contributed by atoms with Gasteiger partial charge in [0.1, 0.15) is 0 Å². The molecule has 0 aromatic heterocycles. The second-order valence-electron chi connectivity index (χ2n) is 4.98. The first-order chi connectivity index (χ1) is 8.22. The van der Waals surface area contributed by atoms with Crippen LogP contribution in [0.25, 0.3) is 0 Å². The summed E-state index contributed by atoms with van der Waals surface area (Å²) in [5.74, 6) is 1.11. The summed E-state index contributed by atoms with van der Waals surface area (Å²) < 4.78 is 0. The van der Waals surface area contributed by atoms with Gasteiger partial charge in [0.25, 0.3) is 0 Å². The average molecular weight is 257 g/mol. The van der Waals surface area contributed by atoms with Crippen LogP contribution < -0.4 is 5.73 Å². The Balaban J connectivity index is 1.73. The van der Waals surface area contributed by atoms with Crippen molar-refractivity contribution in [1.29, 1.82) is 0 Å². The molecular weight excluding hydrogens is 234 g/mol. The Morgan fingerprint density at radius 3 is 2.53 bits per heavy atom. The van der Waals surface area contributed by atoms with E-state index < -0.39 is 0 Å². The molecule has 17 heavy (non-hydrogen) atoms. The number of nitrogens with two attached hydrogens (primary N) is 1. The summed E-state index contributed by atoms with van der Waals surface area (Å²) in [6.45, 7) is 3.79. The van der Waals surface area contributed by atoms with Crippen LogP contribution in [0.1, 0.15) is 19.3 Å². The van der Waals surface area contributed by atoms with Gasteiger partial charge < -0.3 is 10.6 Å². The van der Waals surface area contributed by atoms with Gasteiger partial charge in [0.2, 0.25) is 5.91 Å². The van der Waals surface area contributed by atoms with Gasteiger partial charge in [0, 0.05) is 32.2 Å². The molecule has 4 nitrogen and oxygen atoms in total. The largest absolute Gasteiger partial charge is 0.339 e. The summed E-state index contributed by atoms with van der Waals surface area (Å²) in [7, 11) is 0. The Morgan fingerprint density at radius 1 is 1.35 bits per heavy atom. The average Bonchev–Trinajstić information content (AvgIpc) is 3.19. The summed E-state index contributed by atoms with van der Waals surface area (Å²) in [4.78, 5) is 16.5. The van der Waals surface area contributed by atoms with Crippen molar-refractivity contribution >= 4 is 17.7 Å². The van der Waals surface area contributed by atoms with Crippen LogP contribution in [-0.2, 0) is 4.79 Å². The zero-order valence-corrected chi connectivity index (χ0v) is 11.4. The highest BCUT2D eigenvalue weighted by molar-refractivity contribution is 7.98. The van der Waals surface area contributed by atoms with Crippen LogP contribution in [0.4, 0.5) is 0 Å². The number of nitrogens with zero attached hydrogens (tertiary/aromatic N) is 2. The molecule has 0 bridgehead atoms. The Bertz CT molecular complexity index is 262. The fourth-order valence-corrected chi connectivity index (χ4v) is 2.84. The van der Waals surface area contributed by atoms with Crippen molar-refractivity contribution in [2.24, 2.45) is 5.73 Å². The van der Waals surface area contributed by atoms with Crippen LogP contribution in [0.15, 0.2) is 0 Å². The lowest BCUT2D eigenvalue weighted by Gasteiger charge is -2.36. The van der Waals surface area contributed by atoms with Crippen LogP contribution >= 0.6 is 11.8 Å². The van der Waals surface area contributed by atoms with E-state index in [4.69, 9.17) is 5.73 Å². The highest BCUT2D eigenvalue weighted by Gasteiger charge is 2.33. The molecule has 5 heteroatoms. The smallest absolute Gasteiger partial charge is 0.239 e. The molecule has 2 N–H and O–H groups in total. The molecule has 0 unspecified atom stereocenters. The molecular formula is C12H23N3OS. The first-order valence-corrected chi connectivity index (χ1v) is 7.89. The van der Waals surface area contributed by atoms with Gasteiger partial charge in [-0.1, -0.05) is 0 Å². The van der Waals surface area contributed by atoms with Crippen molar-refractivity contribution in [3.63, 3.8) is 0 Å². The number of hydrogen-bond donors (Lipinski definition) is 1. The van der Waals surface area contributed by atoms with E-state index in [1.807, 2.05) is 11.2 Å². The van der Waals surface area contributed by atoms with E-state index >= 15 is 0 Å². The lowest BCUT2D eigenvalue weighted by atomic mass is 10.2. The quantitative estimate of drug-likeness (QED) is 0.773. The van der Waals surface area contributed by atoms with Gasteiger partial charge in [-0.2, -0.15) is 11.8 Å². The third-order valence-corrected chi connectivity index (χ3v) is 4.28. The third kappa shape index (κ3) is 3.60. The molecule has 0 aromatic rings. The van der Waals surface area contributed by atoms with Crippen molar-refractivity contribution in [2.45, 2.75) is 31.3 Å². The minimum Gasteiger partial charge on any atom is -0.339 e. The van der Waals surface area contributed by atoms with Crippen LogP contribution in [0.2, 0.25) is 0 Å². The zero-order valence-electron chi connectivity index (χ0n) is 10.6. The number of piperazine rings is 1. The van der Waals surface area contributed by atoms with E-state index in [-0.39, 0.29) is 11.9 Å². The maximum absolute atomic E-state index is 12.1. The maximum atomic E-state index is 12.1. The van der Waals surface area contributed by atoms with Gasteiger partial charge in [-0.3, -0.25) is 9.69 Å². The standard InChI is InChI=1S/C12H23N3OS/c1-17-9-4-11(13)12(16)15-7-5-14(6-8-15)10-2-3-10/h10-11H,2-9,13H2,1H3/t11-/m0/s1. The third-order valence-electron chi connectivity index (χ3n) is 3.64. The van der Waals surface area contributed by atoms with E-state index in [1.54, 1.807) is 11.8 Å². The number of carbonyl (C=O) groups excluding carboxylic acids is 1. The molecule has 2 rings (SSSR count). The molecule has 1 aliphatic heterocycles. The molecule has 1 heterocycles. The highest BCUT2D eigenvalue weighted by atomic mass is 32.2. The van der Waals surface area contributed by atoms with Gasteiger partial charge in [-0.15, -0.1) is 0 Å². The summed E-state index contributed by atoms with van der Waals surface area (Å²) in [5, 5.41) is 0. The Labute approximate surface area is 108 Å². The summed E-state index contributed by atoms with van der Waals surface area (Å²) in [6.07, 6.45) is 5.54. The van der Waals surface area contributed by atoms with Crippen molar-refractivity contribution in [3.8, 4) is 0 Å². The number of thioether (sulfide) groups is 1.